The van der Waals surface area contributed by atoms with E-state index in [2.05, 4.69) is 24.9 Å². The summed E-state index contributed by atoms with van der Waals surface area (Å²) in [5, 5.41) is 0. The molecule has 0 bridgehead atoms. The number of aryl methyl sites for hydroxylation is 1. The Morgan fingerprint density at radius 1 is 1.11 bits per heavy atom. The van der Waals surface area contributed by atoms with Crippen LogP contribution in [0.25, 0.3) is 17.0 Å². The van der Waals surface area contributed by atoms with Gasteiger partial charge in [-0.3, -0.25) is 9.98 Å². The van der Waals surface area contributed by atoms with Gasteiger partial charge in [-0.2, -0.15) is 0 Å². The van der Waals surface area contributed by atoms with Crippen LogP contribution in [-0.2, 0) is 0 Å². The minimum Gasteiger partial charge on any atom is -0.269 e. The first-order chi connectivity index (χ1) is 9.33. The predicted molar refractivity (Wildman–Crippen MR) is 73.5 cm³/mol. The minimum absolute atomic E-state index is 0.658. The average Bonchev–Trinajstić information content (AvgIpc) is 2.48. The van der Waals surface area contributed by atoms with Crippen molar-refractivity contribution in [1.29, 1.82) is 0 Å². The van der Waals surface area contributed by atoms with E-state index < -0.39 is 0 Å². The van der Waals surface area contributed by atoms with Gasteiger partial charge in [0.25, 0.3) is 0 Å². The molecule has 0 aliphatic carbocycles. The van der Waals surface area contributed by atoms with Crippen molar-refractivity contribution < 1.29 is 0 Å². The standard InChI is InChI=1S/C14H13N5/c1-10-17-13(11-4-2-6-15-8-11)19-14(18-10)12-5-3-7-16-9-12/h2,4,6-9H,3,5H2,1H3. The van der Waals surface area contributed by atoms with Gasteiger partial charge in [0.15, 0.2) is 11.6 Å². The first kappa shape index (κ1) is 11.6. The van der Waals surface area contributed by atoms with Crippen LogP contribution in [0.2, 0.25) is 0 Å². The topological polar surface area (TPSA) is 63.9 Å². The molecule has 2 aromatic rings. The van der Waals surface area contributed by atoms with E-state index in [9.17, 15) is 0 Å². The molecule has 0 fully saturated rings. The van der Waals surface area contributed by atoms with Crippen LogP contribution in [0.1, 0.15) is 24.5 Å². The van der Waals surface area contributed by atoms with E-state index in [1.54, 1.807) is 12.4 Å². The van der Waals surface area contributed by atoms with Crippen molar-refractivity contribution in [2.45, 2.75) is 19.8 Å². The lowest BCUT2D eigenvalue weighted by molar-refractivity contribution is 0.937. The molecule has 0 aromatic carbocycles. The normalized spacial score (nSPS) is 14.3. The van der Waals surface area contributed by atoms with E-state index >= 15 is 0 Å². The molecule has 2 aromatic heterocycles. The van der Waals surface area contributed by atoms with Gasteiger partial charge in [0, 0.05) is 35.9 Å². The Morgan fingerprint density at radius 3 is 2.74 bits per heavy atom. The molecule has 0 atom stereocenters. The molecular weight excluding hydrogens is 238 g/mol. The fraction of sp³-hybridized carbons (Fsp3) is 0.214. The van der Waals surface area contributed by atoms with Crippen molar-refractivity contribution in [1.82, 2.24) is 19.9 Å². The van der Waals surface area contributed by atoms with Crippen LogP contribution in [-0.4, -0.2) is 26.2 Å². The fourth-order valence-corrected chi connectivity index (χ4v) is 1.92. The van der Waals surface area contributed by atoms with Gasteiger partial charge in [-0.1, -0.05) is 0 Å². The molecule has 3 rings (SSSR count). The maximum atomic E-state index is 4.52. The third kappa shape index (κ3) is 2.54. The van der Waals surface area contributed by atoms with Gasteiger partial charge in [-0.05, 0) is 31.9 Å². The molecule has 5 heteroatoms. The van der Waals surface area contributed by atoms with E-state index in [0.29, 0.717) is 17.5 Å². The van der Waals surface area contributed by atoms with Gasteiger partial charge in [-0.25, -0.2) is 15.0 Å². The lowest BCUT2D eigenvalue weighted by Crippen LogP contribution is -2.04. The number of hydrogen-bond acceptors (Lipinski definition) is 5. The van der Waals surface area contributed by atoms with Crippen LogP contribution < -0.4 is 0 Å². The number of aromatic nitrogens is 4. The van der Waals surface area contributed by atoms with Crippen LogP contribution in [0, 0.1) is 6.92 Å². The molecule has 1 aliphatic heterocycles. The number of rotatable bonds is 2. The minimum atomic E-state index is 0.658. The van der Waals surface area contributed by atoms with E-state index in [1.807, 2.05) is 31.5 Å². The lowest BCUT2D eigenvalue weighted by atomic mass is 10.1. The van der Waals surface area contributed by atoms with Gasteiger partial charge in [0.05, 0.1) is 0 Å². The second-order valence-electron chi connectivity index (χ2n) is 4.30. The molecule has 0 spiro atoms. The highest BCUT2D eigenvalue weighted by Crippen LogP contribution is 2.21. The third-order valence-corrected chi connectivity index (χ3v) is 2.83. The summed E-state index contributed by atoms with van der Waals surface area (Å²) in [5.41, 5.74) is 1.95. The Balaban J connectivity index is 2.06. The summed E-state index contributed by atoms with van der Waals surface area (Å²) >= 11 is 0. The number of pyridine rings is 1. The lowest BCUT2D eigenvalue weighted by Gasteiger charge is -2.09. The Labute approximate surface area is 111 Å². The van der Waals surface area contributed by atoms with Crippen molar-refractivity contribution in [2.24, 2.45) is 4.99 Å². The monoisotopic (exact) mass is 251 g/mol. The molecule has 0 N–H and O–H groups in total. The SMILES string of the molecule is Cc1nc(C2=CN=CCC2)nc(-c2cccnc2)n1. The molecular formula is C14H13N5. The summed E-state index contributed by atoms with van der Waals surface area (Å²) in [6, 6.07) is 3.82. The summed E-state index contributed by atoms with van der Waals surface area (Å²) in [7, 11) is 0. The van der Waals surface area contributed by atoms with Crippen LogP contribution in [0.4, 0.5) is 0 Å². The fourth-order valence-electron chi connectivity index (χ4n) is 1.92. The molecule has 3 heterocycles. The van der Waals surface area contributed by atoms with Gasteiger partial charge in [-0.15, -0.1) is 0 Å². The molecule has 0 amide bonds. The molecule has 1 aliphatic rings. The predicted octanol–water partition coefficient (Wildman–Crippen LogP) is 2.45. The zero-order chi connectivity index (χ0) is 13.1. The number of nitrogens with zero attached hydrogens (tertiary/aromatic N) is 5. The molecule has 0 unspecified atom stereocenters. The van der Waals surface area contributed by atoms with Gasteiger partial charge >= 0.3 is 0 Å². The zero-order valence-corrected chi connectivity index (χ0v) is 10.6. The van der Waals surface area contributed by atoms with E-state index in [4.69, 9.17) is 0 Å². The second-order valence-corrected chi connectivity index (χ2v) is 4.30. The summed E-state index contributed by atoms with van der Waals surface area (Å²) in [4.78, 5) is 21.6. The largest absolute Gasteiger partial charge is 0.269 e. The van der Waals surface area contributed by atoms with E-state index in [-0.39, 0.29) is 0 Å². The summed E-state index contributed by atoms with van der Waals surface area (Å²) in [6.07, 6.45) is 9.06. The Morgan fingerprint density at radius 2 is 2.00 bits per heavy atom. The van der Waals surface area contributed by atoms with Crippen LogP contribution in [0.5, 0.6) is 0 Å². The molecule has 19 heavy (non-hydrogen) atoms. The smallest absolute Gasteiger partial charge is 0.165 e. The molecule has 0 saturated carbocycles. The van der Waals surface area contributed by atoms with Gasteiger partial charge in [0.1, 0.15) is 5.82 Å². The first-order valence-electron chi connectivity index (χ1n) is 6.17. The highest BCUT2D eigenvalue weighted by atomic mass is 15.0. The number of hydrogen-bond donors (Lipinski definition) is 0. The number of aliphatic imine (C=N–C) groups is 1. The summed E-state index contributed by atoms with van der Waals surface area (Å²) in [5.74, 6) is 2.08. The third-order valence-electron chi connectivity index (χ3n) is 2.83. The Kier molecular flexibility index (Phi) is 3.10. The van der Waals surface area contributed by atoms with Crippen LogP contribution >= 0.6 is 0 Å². The summed E-state index contributed by atoms with van der Waals surface area (Å²) in [6.45, 7) is 1.87. The van der Waals surface area contributed by atoms with Crippen molar-refractivity contribution in [3.8, 4) is 11.4 Å². The summed E-state index contributed by atoms with van der Waals surface area (Å²) < 4.78 is 0. The van der Waals surface area contributed by atoms with Crippen LogP contribution in [0.15, 0.2) is 35.7 Å². The highest BCUT2D eigenvalue weighted by Gasteiger charge is 2.11. The van der Waals surface area contributed by atoms with Crippen LogP contribution in [0.3, 0.4) is 0 Å². The molecule has 0 radical (unpaired) electrons. The maximum absolute atomic E-state index is 4.52. The molecule has 94 valence electrons. The average molecular weight is 251 g/mol. The highest BCUT2D eigenvalue weighted by molar-refractivity contribution is 5.71. The van der Waals surface area contributed by atoms with Gasteiger partial charge in [0.2, 0.25) is 0 Å². The van der Waals surface area contributed by atoms with Gasteiger partial charge < -0.3 is 0 Å². The van der Waals surface area contributed by atoms with Crippen molar-refractivity contribution in [2.75, 3.05) is 0 Å². The molecule has 0 saturated heterocycles. The van der Waals surface area contributed by atoms with Crippen molar-refractivity contribution in [3.05, 3.63) is 42.4 Å². The van der Waals surface area contributed by atoms with Crippen molar-refractivity contribution >= 4 is 11.8 Å². The van der Waals surface area contributed by atoms with E-state index in [0.717, 1.165) is 24.0 Å². The Hall–Kier alpha value is -2.43. The Bertz CT molecular complexity index is 646. The quantitative estimate of drug-likeness (QED) is 0.822. The second kappa shape index (κ2) is 5.06. The van der Waals surface area contributed by atoms with Crippen molar-refractivity contribution in [3.63, 3.8) is 0 Å². The first-order valence-corrected chi connectivity index (χ1v) is 6.17. The molecule has 5 nitrogen and oxygen atoms in total. The maximum Gasteiger partial charge on any atom is 0.165 e. The number of allylic oxidation sites excluding steroid dienone is 1. The zero-order valence-electron chi connectivity index (χ0n) is 10.6. The van der Waals surface area contributed by atoms with E-state index in [1.165, 1.54) is 0 Å².